The van der Waals surface area contributed by atoms with Gasteiger partial charge in [0.05, 0.1) is 25.5 Å². The fourth-order valence-corrected chi connectivity index (χ4v) is 2.55. The third-order valence-electron chi connectivity index (χ3n) is 4.01. The molecule has 126 valence electrons. The molecule has 0 unspecified atom stereocenters. The van der Waals surface area contributed by atoms with Gasteiger partial charge >= 0.3 is 0 Å². The second-order valence-electron chi connectivity index (χ2n) is 5.68. The number of aromatic nitrogens is 2. The minimum atomic E-state index is -0.119. The summed E-state index contributed by atoms with van der Waals surface area (Å²) in [5, 5.41) is 10.6. The van der Waals surface area contributed by atoms with E-state index in [4.69, 9.17) is 4.74 Å². The van der Waals surface area contributed by atoms with Gasteiger partial charge in [0.25, 0.3) is 5.91 Å². The Hall–Kier alpha value is -3.21. The Balaban J connectivity index is 1.70. The maximum absolute atomic E-state index is 12.5. The smallest absolute Gasteiger partial charge is 0.251 e. The monoisotopic (exact) mass is 333 g/mol. The summed E-state index contributed by atoms with van der Waals surface area (Å²) >= 11 is 0. The van der Waals surface area contributed by atoms with E-state index in [0.29, 0.717) is 5.56 Å². The first-order valence-corrected chi connectivity index (χ1v) is 7.99. The van der Waals surface area contributed by atoms with Crippen LogP contribution in [0.5, 0.6) is 5.75 Å². The molecular weight excluding hydrogens is 314 g/mol. The number of nitrogens with one attached hydrogen (secondary N) is 1. The summed E-state index contributed by atoms with van der Waals surface area (Å²) in [5.41, 5.74) is 3.56. The second kappa shape index (κ2) is 7.57. The summed E-state index contributed by atoms with van der Waals surface area (Å²) in [6.07, 6.45) is 3.34. The first-order valence-electron chi connectivity index (χ1n) is 7.99. The number of ether oxygens (including phenoxy) is 1. The van der Waals surface area contributed by atoms with Crippen LogP contribution in [0, 0.1) is 0 Å². The number of methoxy groups -OCH3 is 1. The Kier molecular flexibility index (Phi) is 5.04. The molecule has 2 aromatic carbocycles. The van der Waals surface area contributed by atoms with Crippen LogP contribution in [0.25, 0.3) is 11.1 Å². The molecule has 1 atom stereocenters. The fraction of sp³-hybridized carbons (Fsp3) is 0.150. The van der Waals surface area contributed by atoms with Gasteiger partial charge in [0.1, 0.15) is 5.75 Å². The molecule has 1 amide bonds. The average molecular weight is 333 g/mol. The second-order valence-corrected chi connectivity index (χ2v) is 5.68. The van der Waals surface area contributed by atoms with E-state index < -0.39 is 0 Å². The molecule has 0 radical (unpaired) electrons. The molecule has 0 aliphatic heterocycles. The minimum absolute atomic E-state index is 0.116. The third-order valence-corrected chi connectivity index (χ3v) is 4.01. The predicted octanol–water partition coefficient (Wildman–Crippen LogP) is 3.64. The van der Waals surface area contributed by atoms with Gasteiger partial charge in [-0.05, 0) is 48.4 Å². The number of carbonyl (C=O) groups excluding carboxylic acids is 1. The molecule has 0 saturated carbocycles. The van der Waals surface area contributed by atoms with E-state index in [1.165, 1.54) is 0 Å². The van der Waals surface area contributed by atoms with Gasteiger partial charge in [-0.15, -0.1) is 0 Å². The molecule has 0 bridgehead atoms. The van der Waals surface area contributed by atoms with Gasteiger partial charge in [-0.3, -0.25) is 4.79 Å². The Morgan fingerprint density at radius 2 is 1.84 bits per heavy atom. The van der Waals surface area contributed by atoms with Crippen molar-refractivity contribution in [2.75, 3.05) is 7.11 Å². The Morgan fingerprint density at radius 1 is 1.04 bits per heavy atom. The number of nitrogens with zero attached hydrogens (tertiary/aromatic N) is 2. The molecule has 3 rings (SSSR count). The van der Waals surface area contributed by atoms with Crippen molar-refractivity contribution in [3.8, 4) is 16.9 Å². The van der Waals surface area contributed by atoms with Crippen LogP contribution in [0.1, 0.15) is 28.9 Å². The van der Waals surface area contributed by atoms with E-state index in [9.17, 15) is 4.79 Å². The van der Waals surface area contributed by atoms with Crippen molar-refractivity contribution in [1.29, 1.82) is 0 Å². The molecule has 1 heterocycles. The lowest BCUT2D eigenvalue weighted by atomic mass is 10.0. The summed E-state index contributed by atoms with van der Waals surface area (Å²) in [7, 11) is 1.63. The van der Waals surface area contributed by atoms with E-state index in [-0.39, 0.29) is 11.9 Å². The highest BCUT2D eigenvalue weighted by atomic mass is 16.5. The van der Waals surface area contributed by atoms with Crippen LogP contribution in [0.15, 0.2) is 67.0 Å². The van der Waals surface area contributed by atoms with Gasteiger partial charge in [-0.25, -0.2) is 0 Å². The zero-order valence-electron chi connectivity index (χ0n) is 14.1. The number of hydrogen-bond donors (Lipinski definition) is 1. The topological polar surface area (TPSA) is 64.1 Å². The summed E-state index contributed by atoms with van der Waals surface area (Å²) in [4.78, 5) is 12.5. The van der Waals surface area contributed by atoms with E-state index in [1.807, 2.05) is 61.5 Å². The first kappa shape index (κ1) is 16.6. The van der Waals surface area contributed by atoms with Gasteiger partial charge in [0.15, 0.2) is 0 Å². The molecule has 25 heavy (non-hydrogen) atoms. The fourth-order valence-electron chi connectivity index (χ4n) is 2.55. The first-order chi connectivity index (χ1) is 12.2. The van der Waals surface area contributed by atoms with E-state index in [1.54, 1.807) is 19.5 Å². The highest BCUT2D eigenvalue weighted by Gasteiger charge is 2.12. The molecule has 1 aromatic heterocycles. The van der Waals surface area contributed by atoms with Crippen molar-refractivity contribution in [3.05, 3.63) is 78.1 Å². The predicted molar refractivity (Wildman–Crippen MR) is 96.3 cm³/mol. The molecule has 0 fully saturated rings. The van der Waals surface area contributed by atoms with Gasteiger partial charge in [-0.2, -0.15) is 10.2 Å². The zero-order chi connectivity index (χ0) is 17.6. The molecule has 3 aromatic rings. The number of carbonyl (C=O) groups is 1. The SMILES string of the molecule is COc1cccc([C@@H](C)NC(=O)c2ccc(-c3ccnnc3)cc2)c1. The van der Waals surface area contributed by atoms with Crippen LogP contribution in [-0.2, 0) is 0 Å². The maximum Gasteiger partial charge on any atom is 0.251 e. The standard InChI is InChI=1S/C20H19N3O2/c1-14(17-4-3-5-19(12-17)25-2)23-20(24)16-8-6-15(7-9-16)18-10-11-21-22-13-18/h3-14H,1-2H3,(H,23,24)/t14-/m1/s1. The molecule has 5 nitrogen and oxygen atoms in total. The zero-order valence-corrected chi connectivity index (χ0v) is 14.1. The molecular formula is C20H19N3O2. The van der Waals surface area contributed by atoms with Crippen LogP contribution in [0.2, 0.25) is 0 Å². The lowest BCUT2D eigenvalue weighted by molar-refractivity contribution is 0.0940. The maximum atomic E-state index is 12.5. The summed E-state index contributed by atoms with van der Waals surface area (Å²) in [5.74, 6) is 0.656. The van der Waals surface area contributed by atoms with Crippen molar-refractivity contribution < 1.29 is 9.53 Å². The van der Waals surface area contributed by atoms with Gasteiger partial charge < -0.3 is 10.1 Å². The number of rotatable bonds is 5. The molecule has 0 aliphatic rings. The van der Waals surface area contributed by atoms with Gasteiger partial charge in [-0.1, -0.05) is 24.3 Å². The lowest BCUT2D eigenvalue weighted by Crippen LogP contribution is -2.26. The summed E-state index contributed by atoms with van der Waals surface area (Å²) in [6.45, 7) is 1.95. The van der Waals surface area contributed by atoms with E-state index in [0.717, 1.165) is 22.4 Å². The van der Waals surface area contributed by atoms with Crippen molar-refractivity contribution >= 4 is 5.91 Å². The van der Waals surface area contributed by atoms with Crippen LogP contribution in [0.3, 0.4) is 0 Å². The third kappa shape index (κ3) is 4.01. The van der Waals surface area contributed by atoms with Crippen molar-refractivity contribution in [1.82, 2.24) is 15.5 Å². The van der Waals surface area contributed by atoms with Crippen LogP contribution in [0.4, 0.5) is 0 Å². The van der Waals surface area contributed by atoms with Crippen LogP contribution in [-0.4, -0.2) is 23.2 Å². The molecule has 5 heteroatoms. The van der Waals surface area contributed by atoms with Gasteiger partial charge in [0, 0.05) is 11.1 Å². The summed E-state index contributed by atoms with van der Waals surface area (Å²) < 4.78 is 5.23. The van der Waals surface area contributed by atoms with Crippen molar-refractivity contribution in [2.24, 2.45) is 0 Å². The van der Waals surface area contributed by atoms with Crippen molar-refractivity contribution in [3.63, 3.8) is 0 Å². The largest absolute Gasteiger partial charge is 0.497 e. The quantitative estimate of drug-likeness (QED) is 0.774. The van der Waals surface area contributed by atoms with E-state index >= 15 is 0 Å². The van der Waals surface area contributed by atoms with Crippen LogP contribution < -0.4 is 10.1 Å². The van der Waals surface area contributed by atoms with E-state index in [2.05, 4.69) is 15.5 Å². The molecule has 1 N–H and O–H groups in total. The Labute approximate surface area is 146 Å². The van der Waals surface area contributed by atoms with Gasteiger partial charge in [0.2, 0.25) is 0 Å². The van der Waals surface area contributed by atoms with Crippen molar-refractivity contribution in [2.45, 2.75) is 13.0 Å². The summed E-state index contributed by atoms with van der Waals surface area (Å²) in [6, 6.07) is 16.9. The molecule has 0 saturated heterocycles. The lowest BCUT2D eigenvalue weighted by Gasteiger charge is -2.15. The average Bonchev–Trinajstić information content (AvgIpc) is 2.68. The number of amides is 1. The minimum Gasteiger partial charge on any atom is -0.497 e. The number of hydrogen-bond acceptors (Lipinski definition) is 4. The molecule has 0 spiro atoms. The number of benzene rings is 2. The normalized spacial score (nSPS) is 11.6. The highest BCUT2D eigenvalue weighted by molar-refractivity contribution is 5.94. The Morgan fingerprint density at radius 3 is 2.52 bits per heavy atom. The highest BCUT2D eigenvalue weighted by Crippen LogP contribution is 2.20. The molecule has 0 aliphatic carbocycles. The van der Waals surface area contributed by atoms with Crippen LogP contribution >= 0.6 is 0 Å². The Bertz CT molecular complexity index is 848.